The Labute approximate surface area is 148 Å². The summed E-state index contributed by atoms with van der Waals surface area (Å²) in [4.78, 5) is 14.4. The van der Waals surface area contributed by atoms with E-state index in [-0.39, 0.29) is 5.91 Å². The second-order valence-corrected chi connectivity index (χ2v) is 6.41. The average molecular weight is 343 g/mol. The summed E-state index contributed by atoms with van der Waals surface area (Å²) in [6.07, 6.45) is 1.84. The first kappa shape index (κ1) is 17.6. The van der Waals surface area contributed by atoms with Crippen molar-refractivity contribution in [1.82, 2.24) is 15.4 Å². The minimum Gasteiger partial charge on any atom is -0.379 e. The number of nitrogens with zero attached hydrogens (tertiary/aromatic N) is 2. The van der Waals surface area contributed by atoms with Crippen LogP contribution in [0.3, 0.4) is 0 Å². The van der Waals surface area contributed by atoms with Gasteiger partial charge in [-0.25, -0.2) is 0 Å². The van der Waals surface area contributed by atoms with Crippen molar-refractivity contribution in [3.8, 4) is 0 Å². The lowest BCUT2D eigenvalue weighted by atomic mass is 10.1. The summed E-state index contributed by atoms with van der Waals surface area (Å²) >= 11 is 0. The van der Waals surface area contributed by atoms with E-state index in [9.17, 15) is 4.79 Å². The van der Waals surface area contributed by atoms with Gasteiger partial charge in [-0.2, -0.15) is 0 Å². The maximum Gasteiger partial charge on any atom is 0.273 e. The number of morpholine rings is 1. The maximum absolute atomic E-state index is 12.1. The van der Waals surface area contributed by atoms with Crippen molar-refractivity contribution in [2.75, 3.05) is 32.8 Å². The van der Waals surface area contributed by atoms with Crippen LogP contribution in [0.5, 0.6) is 0 Å². The number of hydrogen-bond acceptors (Lipinski definition) is 5. The Morgan fingerprint density at radius 3 is 2.76 bits per heavy atom. The zero-order chi connectivity index (χ0) is 17.5. The van der Waals surface area contributed by atoms with Crippen LogP contribution in [0.25, 0.3) is 0 Å². The Balaban J connectivity index is 1.40. The van der Waals surface area contributed by atoms with Crippen molar-refractivity contribution >= 4 is 5.91 Å². The van der Waals surface area contributed by atoms with Gasteiger partial charge in [0.15, 0.2) is 11.5 Å². The van der Waals surface area contributed by atoms with Crippen LogP contribution in [0, 0.1) is 6.92 Å². The monoisotopic (exact) mass is 343 g/mol. The molecule has 25 heavy (non-hydrogen) atoms. The fraction of sp³-hybridized carbons (Fsp3) is 0.474. The number of aromatic nitrogens is 1. The Morgan fingerprint density at radius 1 is 1.24 bits per heavy atom. The third-order valence-corrected chi connectivity index (χ3v) is 4.32. The van der Waals surface area contributed by atoms with Crippen molar-refractivity contribution in [3.05, 3.63) is 52.9 Å². The molecule has 1 aromatic heterocycles. The topological polar surface area (TPSA) is 67.6 Å². The SMILES string of the molecule is Cc1ccc(CCCNC(=O)c2cc(CN3CCOCC3)on2)cc1. The predicted molar refractivity (Wildman–Crippen MR) is 94.4 cm³/mol. The van der Waals surface area contributed by atoms with E-state index in [2.05, 4.69) is 46.6 Å². The molecule has 1 N–H and O–H groups in total. The Morgan fingerprint density at radius 2 is 2.00 bits per heavy atom. The molecule has 1 aliphatic rings. The molecule has 1 amide bonds. The van der Waals surface area contributed by atoms with Crippen LogP contribution in [-0.2, 0) is 17.7 Å². The van der Waals surface area contributed by atoms with Gasteiger partial charge in [0.2, 0.25) is 0 Å². The molecule has 2 aromatic rings. The van der Waals surface area contributed by atoms with Crippen LogP contribution in [-0.4, -0.2) is 48.8 Å². The van der Waals surface area contributed by atoms with E-state index in [4.69, 9.17) is 9.26 Å². The van der Waals surface area contributed by atoms with E-state index in [1.54, 1.807) is 6.07 Å². The molecule has 6 heteroatoms. The van der Waals surface area contributed by atoms with Gasteiger partial charge in [-0.15, -0.1) is 0 Å². The largest absolute Gasteiger partial charge is 0.379 e. The highest BCUT2D eigenvalue weighted by atomic mass is 16.5. The predicted octanol–water partition coefficient (Wildman–Crippen LogP) is 2.18. The molecule has 3 rings (SSSR count). The first-order chi connectivity index (χ1) is 12.2. The van der Waals surface area contributed by atoms with Gasteiger partial charge >= 0.3 is 0 Å². The number of benzene rings is 1. The molecule has 1 saturated heterocycles. The lowest BCUT2D eigenvalue weighted by molar-refractivity contribution is 0.0305. The van der Waals surface area contributed by atoms with Gasteiger partial charge in [-0.3, -0.25) is 9.69 Å². The summed E-state index contributed by atoms with van der Waals surface area (Å²) in [7, 11) is 0. The lowest BCUT2D eigenvalue weighted by Gasteiger charge is -2.25. The summed E-state index contributed by atoms with van der Waals surface area (Å²) in [5.74, 6) is 0.535. The van der Waals surface area contributed by atoms with E-state index >= 15 is 0 Å². The molecule has 0 radical (unpaired) electrons. The molecule has 2 heterocycles. The van der Waals surface area contributed by atoms with Crippen molar-refractivity contribution in [1.29, 1.82) is 0 Å². The van der Waals surface area contributed by atoms with Gasteiger partial charge < -0.3 is 14.6 Å². The number of amides is 1. The van der Waals surface area contributed by atoms with Gasteiger partial charge in [-0.1, -0.05) is 35.0 Å². The zero-order valence-electron chi connectivity index (χ0n) is 14.7. The lowest BCUT2D eigenvalue weighted by Crippen LogP contribution is -2.35. The molecular weight excluding hydrogens is 318 g/mol. The van der Waals surface area contributed by atoms with E-state index in [0.29, 0.717) is 24.5 Å². The molecule has 0 bridgehead atoms. The molecule has 0 spiro atoms. The van der Waals surface area contributed by atoms with Gasteiger partial charge in [0.25, 0.3) is 5.91 Å². The number of ether oxygens (including phenoxy) is 1. The van der Waals surface area contributed by atoms with Crippen LogP contribution in [0.15, 0.2) is 34.9 Å². The maximum atomic E-state index is 12.1. The summed E-state index contributed by atoms with van der Waals surface area (Å²) in [5, 5.41) is 6.79. The van der Waals surface area contributed by atoms with Crippen LogP contribution in [0.2, 0.25) is 0 Å². The quantitative estimate of drug-likeness (QED) is 0.781. The van der Waals surface area contributed by atoms with Crippen molar-refractivity contribution in [3.63, 3.8) is 0 Å². The number of carbonyl (C=O) groups is 1. The van der Waals surface area contributed by atoms with Crippen LogP contribution in [0.1, 0.15) is 33.8 Å². The van der Waals surface area contributed by atoms with Crippen molar-refractivity contribution in [2.45, 2.75) is 26.3 Å². The second-order valence-electron chi connectivity index (χ2n) is 6.41. The minimum atomic E-state index is -0.180. The van der Waals surface area contributed by atoms with Crippen LogP contribution in [0.4, 0.5) is 0 Å². The summed E-state index contributed by atoms with van der Waals surface area (Å²) < 4.78 is 10.6. The molecule has 0 aliphatic carbocycles. The number of hydrogen-bond donors (Lipinski definition) is 1. The number of carbonyl (C=O) groups excluding carboxylic acids is 1. The Bertz CT molecular complexity index is 675. The molecule has 134 valence electrons. The van der Waals surface area contributed by atoms with Crippen LogP contribution >= 0.6 is 0 Å². The van der Waals surface area contributed by atoms with E-state index in [1.807, 2.05) is 0 Å². The summed E-state index contributed by atoms with van der Waals surface area (Å²) in [6, 6.07) is 10.2. The standard InChI is InChI=1S/C19H25N3O3/c1-15-4-6-16(7-5-15)3-2-8-20-19(23)18-13-17(25-21-18)14-22-9-11-24-12-10-22/h4-7,13H,2-3,8-12,14H2,1H3,(H,20,23). The smallest absolute Gasteiger partial charge is 0.273 e. The molecule has 6 nitrogen and oxygen atoms in total. The Kier molecular flexibility index (Phi) is 6.19. The number of rotatable bonds is 7. The van der Waals surface area contributed by atoms with E-state index in [1.165, 1.54) is 11.1 Å². The number of aryl methyl sites for hydroxylation is 2. The molecule has 0 unspecified atom stereocenters. The Hall–Kier alpha value is -2.18. The van der Waals surface area contributed by atoms with Crippen molar-refractivity contribution < 1.29 is 14.1 Å². The fourth-order valence-electron chi connectivity index (χ4n) is 2.81. The minimum absolute atomic E-state index is 0.180. The normalized spacial score (nSPS) is 15.2. The van der Waals surface area contributed by atoms with E-state index in [0.717, 1.165) is 39.1 Å². The third kappa shape index (κ3) is 5.41. The van der Waals surface area contributed by atoms with E-state index < -0.39 is 0 Å². The summed E-state index contributed by atoms with van der Waals surface area (Å²) in [6.45, 7) is 6.60. The fourth-order valence-corrected chi connectivity index (χ4v) is 2.81. The molecular formula is C19H25N3O3. The van der Waals surface area contributed by atoms with Gasteiger partial charge in [0.1, 0.15) is 0 Å². The highest BCUT2D eigenvalue weighted by molar-refractivity contribution is 5.92. The third-order valence-electron chi connectivity index (χ3n) is 4.32. The van der Waals surface area contributed by atoms with Crippen LogP contribution < -0.4 is 5.32 Å². The molecule has 0 saturated carbocycles. The van der Waals surface area contributed by atoms with Gasteiger partial charge in [0, 0.05) is 25.7 Å². The first-order valence-electron chi connectivity index (χ1n) is 8.80. The molecule has 1 aromatic carbocycles. The molecule has 1 fully saturated rings. The molecule has 0 atom stereocenters. The summed E-state index contributed by atoms with van der Waals surface area (Å²) in [5.41, 5.74) is 2.89. The zero-order valence-corrected chi connectivity index (χ0v) is 14.7. The second kappa shape index (κ2) is 8.78. The number of nitrogens with one attached hydrogen (secondary N) is 1. The average Bonchev–Trinajstić information content (AvgIpc) is 3.09. The highest BCUT2D eigenvalue weighted by Gasteiger charge is 2.16. The van der Waals surface area contributed by atoms with Gasteiger partial charge in [-0.05, 0) is 25.3 Å². The first-order valence-corrected chi connectivity index (χ1v) is 8.80. The highest BCUT2D eigenvalue weighted by Crippen LogP contribution is 2.09. The molecule has 1 aliphatic heterocycles. The van der Waals surface area contributed by atoms with Crippen molar-refractivity contribution in [2.24, 2.45) is 0 Å². The van der Waals surface area contributed by atoms with Gasteiger partial charge in [0.05, 0.1) is 19.8 Å².